The van der Waals surface area contributed by atoms with E-state index in [1.807, 2.05) is 0 Å². The van der Waals surface area contributed by atoms with Gasteiger partial charge in [0.15, 0.2) is 0 Å². The molecule has 0 N–H and O–H groups in total. The number of hydrogen-bond acceptors (Lipinski definition) is 2. The first kappa shape index (κ1) is 7.72. The summed E-state index contributed by atoms with van der Waals surface area (Å²) in [6, 6.07) is 0. The molecule has 70 valence electrons. The van der Waals surface area contributed by atoms with Crippen LogP contribution in [-0.4, -0.2) is 11.6 Å². The molecule has 0 unspecified atom stereocenters. The van der Waals surface area contributed by atoms with Crippen molar-refractivity contribution in [1.82, 2.24) is 0 Å². The van der Waals surface area contributed by atoms with Crippen molar-refractivity contribution in [2.24, 2.45) is 23.7 Å². The van der Waals surface area contributed by atoms with Crippen molar-refractivity contribution in [2.75, 3.05) is 0 Å². The topological polar surface area (TPSA) is 34.1 Å². The van der Waals surface area contributed by atoms with E-state index in [9.17, 15) is 9.59 Å². The maximum absolute atomic E-state index is 11.6. The van der Waals surface area contributed by atoms with Gasteiger partial charge in [-0.1, -0.05) is 0 Å². The van der Waals surface area contributed by atoms with Crippen LogP contribution in [0.15, 0.2) is 0 Å². The van der Waals surface area contributed by atoms with Gasteiger partial charge in [0.05, 0.1) is 6.42 Å². The van der Waals surface area contributed by atoms with E-state index in [1.165, 1.54) is 25.7 Å². The summed E-state index contributed by atoms with van der Waals surface area (Å²) in [5.41, 5.74) is 0. The molecule has 4 aliphatic rings. The second-order valence-corrected chi connectivity index (χ2v) is 4.84. The van der Waals surface area contributed by atoms with E-state index in [0.717, 1.165) is 0 Å². The lowest BCUT2D eigenvalue weighted by atomic mass is 9.59. The normalized spacial score (nSPS) is 48.3. The Labute approximate surface area is 77.7 Å². The smallest absolute Gasteiger partial charge is 0.144 e. The predicted molar refractivity (Wildman–Crippen MR) is 47.1 cm³/mol. The molecule has 0 saturated heterocycles. The highest BCUT2D eigenvalue weighted by molar-refractivity contribution is 6.09. The SMILES string of the molecule is O=C1CC(=O)[C@H]2C3CCC(CC3)[C@@H]12. The van der Waals surface area contributed by atoms with Crippen LogP contribution in [0.3, 0.4) is 0 Å². The maximum atomic E-state index is 11.6. The van der Waals surface area contributed by atoms with Crippen molar-refractivity contribution in [1.29, 1.82) is 0 Å². The fourth-order valence-corrected chi connectivity index (χ4v) is 3.78. The molecule has 2 nitrogen and oxygen atoms in total. The summed E-state index contributed by atoms with van der Waals surface area (Å²) in [4.78, 5) is 23.2. The molecule has 0 spiro atoms. The van der Waals surface area contributed by atoms with Gasteiger partial charge in [0, 0.05) is 11.8 Å². The lowest BCUT2D eigenvalue weighted by Gasteiger charge is -2.43. The molecule has 2 heteroatoms. The molecule has 2 atom stereocenters. The molecule has 0 aromatic heterocycles. The molecule has 0 aliphatic heterocycles. The maximum Gasteiger partial charge on any atom is 0.144 e. The van der Waals surface area contributed by atoms with E-state index in [1.54, 1.807) is 0 Å². The van der Waals surface area contributed by atoms with E-state index < -0.39 is 0 Å². The Morgan fingerprint density at radius 2 is 1.15 bits per heavy atom. The summed E-state index contributed by atoms with van der Waals surface area (Å²) in [5.74, 6) is 1.94. The standard InChI is InChI=1S/C11H14O2/c12-8-5-9(13)11-7-2-1-6(3-4-7)10(8)11/h6-7,10-11H,1-5H2/t6?,7?,10-,11+. The third-order valence-corrected chi connectivity index (χ3v) is 4.31. The molecular formula is C11H14O2. The van der Waals surface area contributed by atoms with Crippen LogP contribution in [0.25, 0.3) is 0 Å². The lowest BCUT2D eigenvalue weighted by Crippen LogP contribution is -2.41. The molecule has 4 rings (SSSR count). The minimum absolute atomic E-state index is 0.153. The van der Waals surface area contributed by atoms with Crippen LogP contribution in [0, 0.1) is 23.7 Å². The Kier molecular flexibility index (Phi) is 1.44. The van der Waals surface area contributed by atoms with E-state index in [4.69, 9.17) is 0 Å². The average molecular weight is 178 g/mol. The molecule has 4 fully saturated rings. The Morgan fingerprint density at radius 3 is 1.54 bits per heavy atom. The first-order valence-corrected chi connectivity index (χ1v) is 5.33. The largest absolute Gasteiger partial charge is 0.299 e. The molecule has 4 saturated carbocycles. The van der Waals surface area contributed by atoms with Crippen LogP contribution in [-0.2, 0) is 9.59 Å². The Balaban J connectivity index is 2.00. The van der Waals surface area contributed by atoms with Crippen molar-refractivity contribution < 1.29 is 9.59 Å². The van der Waals surface area contributed by atoms with Crippen LogP contribution >= 0.6 is 0 Å². The van der Waals surface area contributed by atoms with Gasteiger partial charge in [-0.2, -0.15) is 0 Å². The number of rotatable bonds is 0. The fraction of sp³-hybridized carbons (Fsp3) is 0.818. The molecular weight excluding hydrogens is 164 g/mol. The van der Waals surface area contributed by atoms with E-state index in [2.05, 4.69) is 0 Å². The van der Waals surface area contributed by atoms with Gasteiger partial charge < -0.3 is 0 Å². The molecule has 0 amide bonds. The van der Waals surface area contributed by atoms with Gasteiger partial charge in [0.2, 0.25) is 0 Å². The zero-order valence-electron chi connectivity index (χ0n) is 7.66. The van der Waals surface area contributed by atoms with Gasteiger partial charge in [0.1, 0.15) is 11.6 Å². The number of hydrogen-bond donors (Lipinski definition) is 0. The first-order chi connectivity index (χ1) is 6.27. The van der Waals surface area contributed by atoms with Crippen molar-refractivity contribution in [3.05, 3.63) is 0 Å². The average Bonchev–Trinajstić information content (AvgIpc) is 2.47. The van der Waals surface area contributed by atoms with E-state index >= 15 is 0 Å². The quantitative estimate of drug-likeness (QED) is 0.528. The molecule has 0 heterocycles. The van der Waals surface area contributed by atoms with Gasteiger partial charge in [-0.25, -0.2) is 0 Å². The Hall–Kier alpha value is -0.660. The second-order valence-electron chi connectivity index (χ2n) is 4.84. The van der Waals surface area contributed by atoms with Gasteiger partial charge in [0.25, 0.3) is 0 Å². The number of carbonyl (C=O) groups excluding carboxylic acids is 2. The number of carbonyl (C=O) groups is 2. The highest BCUT2D eigenvalue weighted by Crippen LogP contribution is 2.52. The van der Waals surface area contributed by atoms with Crippen LogP contribution in [0.5, 0.6) is 0 Å². The van der Waals surface area contributed by atoms with Crippen LogP contribution in [0.2, 0.25) is 0 Å². The minimum Gasteiger partial charge on any atom is -0.299 e. The van der Waals surface area contributed by atoms with Crippen LogP contribution in [0.4, 0.5) is 0 Å². The molecule has 2 bridgehead atoms. The molecule has 13 heavy (non-hydrogen) atoms. The summed E-state index contributed by atoms with van der Waals surface area (Å²) in [7, 11) is 0. The summed E-state index contributed by atoms with van der Waals surface area (Å²) in [5, 5.41) is 0. The molecule has 0 radical (unpaired) electrons. The Bertz CT molecular complexity index is 246. The fourth-order valence-electron chi connectivity index (χ4n) is 3.78. The highest BCUT2D eigenvalue weighted by atomic mass is 16.2. The van der Waals surface area contributed by atoms with Crippen molar-refractivity contribution in [3.8, 4) is 0 Å². The van der Waals surface area contributed by atoms with Crippen molar-refractivity contribution >= 4 is 11.6 Å². The minimum atomic E-state index is 0.153. The summed E-state index contributed by atoms with van der Waals surface area (Å²) in [6.45, 7) is 0. The van der Waals surface area contributed by atoms with Crippen LogP contribution < -0.4 is 0 Å². The van der Waals surface area contributed by atoms with Crippen molar-refractivity contribution in [2.45, 2.75) is 32.1 Å². The van der Waals surface area contributed by atoms with Gasteiger partial charge in [-0.15, -0.1) is 0 Å². The van der Waals surface area contributed by atoms with E-state index in [-0.39, 0.29) is 29.8 Å². The lowest BCUT2D eigenvalue weighted by molar-refractivity contribution is -0.129. The van der Waals surface area contributed by atoms with Crippen LogP contribution in [0.1, 0.15) is 32.1 Å². The number of fused-ring (bicyclic) bond motifs is 2. The molecule has 0 aromatic rings. The zero-order chi connectivity index (χ0) is 9.00. The third-order valence-electron chi connectivity index (χ3n) is 4.31. The second kappa shape index (κ2) is 2.43. The summed E-state index contributed by atoms with van der Waals surface area (Å²) in [6.07, 6.45) is 5.05. The first-order valence-electron chi connectivity index (χ1n) is 5.33. The summed E-state index contributed by atoms with van der Waals surface area (Å²) < 4.78 is 0. The predicted octanol–water partition coefficient (Wildman–Crippen LogP) is 1.58. The van der Waals surface area contributed by atoms with Gasteiger partial charge in [-0.05, 0) is 37.5 Å². The number of ketones is 2. The van der Waals surface area contributed by atoms with Gasteiger partial charge >= 0.3 is 0 Å². The van der Waals surface area contributed by atoms with Gasteiger partial charge in [-0.3, -0.25) is 9.59 Å². The monoisotopic (exact) mass is 178 g/mol. The third kappa shape index (κ3) is 0.890. The Morgan fingerprint density at radius 1 is 0.769 bits per heavy atom. The highest BCUT2D eigenvalue weighted by Gasteiger charge is 2.53. The molecule has 0 aromatic carbocycles. The van der Waals surface area contributed by atoms with E-state index in [0.29, 0.717) is 11.8 Å². The zero-order valence-corrected chi connectivity index (χ0v) is 7.66. The van der Waals surface area contributed by atoms with Crippen molar-refractivity contribution in [3.63, 3.8) is 0 Å². The molecule has 4 aliphatic carbocycles. The number of Topliss-reactive ketones (excluding diaryl/α,β-unsaturated/α-hetero) is 2. The summed E-state index contributed by atoms with van der Waals surface area (Å²) >= 11 is 0.